The fourth-order valence-electron chi connectivity index (χ4n) is 3.41. The van der Waals surface area contributed by atoms with Crippen molar-refractivity contribution in [1.82, 2.24) is 19.7 Å². The van der Waals surface area contributed by atoms with Crippen molar-refractivity contribution in [3.63, 3.8) is 0 Å². The van der Waals surface area contributed by atoms with E-state index in [0.29, 0.717) is 12.6 Å². The molecule has 1 saturated heterocycles. The van der Waals surface area contributed by atoms with Gasteiger partial charge in [-0.15, -0.1) is 0 Å². The lowest BCUT2D eigenvalue weighted by molar-refractivity contribution is 0.271. The van der Waals surface area contributed by atoms with Crippen LogP contribution in [0, 0.1) is 0 Å². The summed E-state index contributed by atoms with van der Waals surface area (Å²) in [6.07, 6.45) is 5.67. The summed E-state index contributed by atoms with van der Waals surface area (Å²) in [5.74, 6) is 0.936. The zero-order valence-corrected chi connectivity index (χ0v) is 12.8. The Morgan fingerprint density at radius 3 is 2.87 bits per heavy atom. The average molecular weight is 309 g/mol. The van der Waals surface area contributed by atoms with E-state index in [4.69, 9.17) is 5.11 Å². The first-order valence-electron chi connectivity index (χ1n) is 7.97. The summed E-state index contributed by atoms with van der Waals surface area (Å²) in [4.78, 5) is 11.2. The van der Waals surface area contributed by atoms with Crippen LogP contribution in [0.3, 0.4) is 0 Å². The van der Waals surface area contributed by atoms with E-state index < -0.39 is 0 Å². The molecule has 1 aliphatic rings. The second-order valence-electron chi connectivity index (χ2n) is 5.79. The van der Waals surface area contributed by atoms with Crippen LogP contribution in [0.5, 0.6) is 0 Å². The van der Waals surface area contributed by atoms with E-state index in [1.165, 1.54) is 5.56 Å². The van der Waals surface area contributed by atoms with Gasteiger partial charge in [-0.05, 0) is 18.4 Å². The van der Waals surface area contributed by atoms with E-state index in [-0.39, 0.29) is 6.61 Å². The number of nitrogens with zero attached hydrogens (tertiary/aromatic N) is 5. The van der Waals surface area contributed by atoms with Gasteiger partial charge in [-0.2, -0.15) is 5.10 Å². The lowest BCUT2D eigenvalue weighted by Gasteiger charge is -2.26. The lowest BCUT2D eigenvalue weighted by Crippen LogP contribution is -2.23. The van der Waals surface area contributed by atoms with Crippen LogP contribution in [-0.4, -0.2) is 38.0 Å². The number of benzene rings is 1. The maximum Gasteiger partial charge on any atom is 0.163 e. The molecule has 1 aliphatic heterocycles. The van der Waals surface area contributed by atoms with Crippen molar-refractivity contribution in [1.29, 1.82) is 0 Å². The van der Waals surface area contributed by atoms with Gasteiger partial charge in [0.15, 0.2) is 5.65 Å². The molecular formula is C17H19N5O. The smallest absolute Gasteiger partial charge is 0.163 e. The molecule has 118 valence electrons. The van der Waals surface area contributed by atoms with E-state index in [1.54, 1.807) is 17.2 Å². The van der Waals surface area contributed by atoms with Crippen LogP contribution in [0.4, 0.5) is 5.82 Å². The van der Waals surface area contributed by atoms with E-state index in [2.05, 4.69) is 44.2 Å². The van der Waals surface area contributed by atoms with Gasteiger partial charge < -0.3 is 10.0 Å². The van der Waals surface area contributed by atoms with Crippen LogP contribution in [-0.2, 0) is 6.54 Å². The second kappa shape index (κ2) is 5.96. The number of aliphatic hydroxyl groups excluding tert-OH is 1. The molecule has 23 heavy (non-hydrogen) atoms. The molecule has 6 nitrogen and oxygen atoms in total. The zero-order valence-electron chi connectivity index (χ0n) is 12.8. The van der Waals surface area contributed by atoms with Gasteiger partial charge in [-0.3, -0.25) is 0 Å². The molecule has 1 aromatic carbocycles. The molecule has 0 aliphatic carbocycles. The van der Waals surface area contributed by atoms with Gasteiger partial charge >= 0.3 is 0 Å². The number of fused-ring (bicyclic) bond motifs is 1. The Morgan fingerprint density at radius 1 is 1.17 bits per heavy atom. The Morgan fingerprint density at radius 2 is 2.04 bits per heavy atom. The van der Waals surface area contributed by atoms with E-state index >= 15 is 0 Å². The summed E-state index contributed by atoms with van der Waals surface area (Å²) in [5, 5.41) is 14.4. The molecule has 0 unspecified atom stereocenters. The Balaban J connectivity index is 1.76. The summed E-state index contributed by atoms with van der Waals surface area (Å²) in [6, 6.07) is 10.9. The van der Waals surface area contributed by atoms with Crippen LogP contribution >= 0.6 is 0 Å². The Hall–Kier alpha value is -2.47. The summed E-state index contributed by atoms with van der Waals surface area (Å²) in [5.41, 5.74) is 2.10. The molecule has 0 spiro atoms. The minimum Gasteiger partial charge on any atom is -0.394 e. The third-order valence-corrected chi connectivity index (χ3v) is 4.43. The number of rotatable bonds is 4. The second-order valence-corrected chi connectivity index (χ2v) is 5.79. The molecule has 0 bridgehead atoms. The third kappa shape index (κ3) is 2.45. The standard InChI is InChI=1S/C17H19N5O/c23-10-9-22-17-14(11-20-22)16(18-12-19-17)21-8-4-7-15(21)13-5-2-1-3-6-13/h1-3,5-6,11-12,15,23H,4,7-10H2/t15-/m1/s1. The molecule has 0 radical (unpaired) electrons. The summed E-state index contributed by atoms with van der Waals surface area (Å²) >= 11 is 0. The van der Waals surface area contributed by atoms with Gasteiger partial charge in [0.2, 0.25) is 0 Å². The van der Waals surface area contributed by atoms with Crippen LogP contribution < -0.4 is 4.90 Å². The predicted octanol–water partition coefficient (Wildman–Crippen LogP) is 2.16. The summed E-state index contributed by atoms with van der Waals surface area (Å²) in [6.45, 7) is 1.48. The van der Waals surface area contributed by atoms with E-state index in [0.717, 1.165) is 36.2 Å². The molecular weight excluding hydrogens is 290 g/mol. The average Bonchev–Trinajstić information content (AvgIpc) is 3.23. The highest BCUT2D eigenvalue weighted by Gasteiger charge is 2.28. The SMILES string of the molecule is OCCn1ncc2c(N3CCC[C@@H]3c3ccccc3)ncnc21. The molecule has 4 rings (SSSR count). The van der Waals surface area contributed by atoms with Crippen molar-refractivity contribution in [2.24, 2.45) is 0 Å². The van der Waals surface area contributed by atoms with Crippen LogP contribution in [0.15, 0.2) is 42.9 Å². The Kier molecular flexibility index (Phi) is 3.67. The Labute approximate surface area is 134 Å². The Bertz CT molecular complexity index is 801. The fourth-order valence-corrected chi connectivity index (χ4v) is 3.41. The van der Waals surface area contributed by atoms with Crippen molar-refractivity contribution < 1.29 is 5.11 Å². The quantitative estimate of drug-likeness (QED) is 0.800. The first kappa shape index (κ1) is 14.1. The van der Waals surface area contributed by atoms with Crippen molar-refractivity contribution in [3.05, 3.63) is 48.4 Å². The van der Waals surface area contributed by atoms with Crippen LogP contribution in [0.2, 0.25) is 0 Å². The van der Waals surface area contributed by atoms with Gasteiger partial charge in [0, 0.05) is 6.54 Å². The number of aliphatic hydroxyl groups is 1. The molecule has 0 saturated carbocycles. The topological polar surface area (TPSA) is 67.1 Å². The van der Waals surface area contributed by atoms with Gasteiger partial charge in [-0.1, -0.05) is 30.3 Å². The molecule has 2 aromatic heterocycles. The molecule has 1 atom stereocenters. The summed E-state index contributed by atoms with van der Waals surface area (Å²) in [7, 11) is 0. The monoisotopic (exact) mass is 309 g/mol. The zero-order chi connectivity index (χ0) is 15.6. The van der Waals surface area contributed by atoms with Gasteiger partial charge in [0.1, 0.15) is 12.1 Å². The third-order valence-electron chi connectivity index (χ3n) is 4.43. The lowest BCUT2D eigenvalue weighted by atomic mass is 10.0. The fraction of sp³-hybridized carbons (Fsp3) is 0.353. The summed E-state index contributed by atoms with van der Waals surface area (Å²) < 4.78 is 1.73. The number of anilines is 1. The molecule has 1 N–H and O–H groups in total. The molecule has 6 heteroatoms. The van der Waals surface area contributed by atoms with Crippen LogP contribution in [0.1, 0.15) is 24.4 Å². The number of hydrogen-bond donors (Lipinski definition) is 1. The molecule has 0 amide bonds. The minimum atomic E-state index is 0.0481. The first-order valence-corrected chi connectivity index (χ1v) is 7.97. The predicted molar refractivity (Wildman–Crippen MR) is 88.2 cm³/mol. The number of hydrogen-bond acceptors (Lipinski definition) is 5. The molecule has 1 fully saturated rings. The number of aromatic nitrogens is 4. The highest BCUT2D eigenvalue weighted by molar-refractivity contribution is 5.87. The molecule has 3 aromatic rings. The first-order chi connectivity index (χ1) is 11.4. The van der Waals surface area contributed by atoms with Crippen LogP contribution in [0.25, 0.3) is 11.0 Å². The van der Waals surface area contributed by atoms with Crippen molar-refractivity contribution >= 4 is 16.9 Å². The highest BCUT2D eigenvalue weighted by atomic mass is 16.3. The maximum absolute atomic E-state index is 9.15. The van der Waals surface area contributed by atoms with Crippen molar-refractivity contribution in [3.8, 4) is 0 Å². The van der Waals surface area contributed by atoms with Gasteiger partial charge in [0.25, 0.3) is 0 Å². The van der Waals surface area contributed by atoms with Gasteiger partial charge in [-0.25, -0.2) is 14.6 Å². The van der Waals surface area contributed by atoms with Crippen molar-refractivity contribution in [2.45, 2.75) is 25.4 Å². The minimum absolute atomic E-state index is 0.0481. The normalized spacial score (nSPS) is 18.0. The highest BCUT2D eigenvalue weighted by Crippen LogP contribution is 2.37. The van der Waals surface area contributed by atoms with Crippen molar-refractivity contribution in [2.75, 3.05) is 18.1 Å². The largest absolute Gasteiger partial charge is 0.394 e. The van der Waals surface area contributed by atoms with E-state index in [9.17, 15) is 0 Å². The molecule has 3 heterocycles. The van der Waals surface area contributed by atoms with Gasteiger partial charge in [0.05, 0.1) is 30.8 Å². The van der Waals surface area contributed by atoms with E-state index in [1.807, 2.05) is 6.07 Å². The maximum atomic E-state index is 9.15.